The molecule has 0 aliphatic carbocycles. The molecule has 0 saturated carbocycles. The van der Waals surface area contributed by atoms with Crippen LogP contribution in [0.25, 0.3) is 10.2 Å². The Kier molecular flexibility index (Phi) is 6.49. The lowest BCUT2D eigenvalue weighted by molar-refractivity contribution is -0.126. The molecule has 4 rings (SSSR count). The molecule has 4 aromatic rings. The van der Waals surface area contributed by atoms with Crippen LogP contribution in [-0.4, -0.2) is 25.6 Å². The van der Waals surface area contributed by atoms with Crippen molar-refractivity contribution in [2.24, 2.45) is 0 Å². The van der Waals surface area contributed by atoms with Crippen molar-refractivity contribution >= 4 is 43.2 Å². The fourth-order valence-corrected chi connectivity index (χ4v) is 5.43. The van der Waals surface area contributed by atoms with Gasteiger partial charge in [0.25, 0.3) is 0 Å². The summed E-state index contributed by atoms with van der Waals surface area (Å²) in [4.78, 5) is 18.3. The van der Waals surface area contributed by atoms with E-state index in [2.05, 4.69) is 10.0 Å². The molecule has 0 bridgehead atoms. The number of sulfonamides is 1. The molecule has 1 unspecified atom stereocenters. The third-order valence-corrected chi connectivity index (χ3v) is 7.08. The molecule has 170 valence electrons. The van der Waals surface area contributed by atoms with Gasteiger partial charge in [-0.2, -0.15) is 0 Å². The Balaban J connectivity index is 1.57. The number of carbonyl (C=O) groups is 1. The van der Waals surface area contributed by atoms with Gasteiger partial charge >= 0.3 is 0 Å². The van der Waals surface area contributed by atoms with Crippen molar-refractivity contribution < 1.29 is 13.2 Å². The number of nitrogens with zero attached hydrogens (tertiary/aromatic N) is 1. The van der Waals surface area contributed by atoms with Crippen molar-refractivity contribution in [3.63, 3.8) is 0 Å². The lowest BCUT2D eigenvalue weighted by atomic mass is 9.78. The number of para-hydroxylation sites is 1. The summed E-state index contributed by atoms with van der Waals surface area (Å²) >= 11 is 1.60. The van der Waals surface area contributed by atoms with E-state index in [-0.39, 0.29) is 12.5 Å². The van der Waals surface area contributed by atoms with Crippen molar-refractivity contribution in [1.29, 1.82) is 0 Å². The summed E-state index contributed by atoms with van der Waals surface area (Å²) in [7, 11) is -3.37. The Bertz CT molecular complexity index is 1350. The number of rotatable bonds is 8. The normalized spacial score (nSPS) is 13.4. The van der Waals surface area contributed by atoms with E-state index in [1.165, 1.54) is 0 Å². The molecule has 0 aliphatic rings. The lowest BCUT2D eigenvalue weighted by Gasteiger charge is -2.28. The molecule has 0 aliphatic heterocycles. The summed E-state index contributed by atoms with van der Waals surface area (Å²) in [6.07, 6.45) is 1.58. The van der Waals surface area contributed by atoms with E-state index in [9.17, 15) is 13.2 Å². The highest BCUT2D eigenvalue weighted by Gasteiger charge is 2.36. The van der Waals surface area contributed by atoms with Crippen molar-refractivity contribution in [3.05, 3.63) is 95.0 Å². The molecule has 1 atom stereocenters. The van der Waals surface area contributed by atoms with Crippen LogP contribution in [0.4, 0.5) is 5.69 Å². The molecule has 1 amide bonds. The maximum atomic E-state index is 13.5. The highest BCUT2D eigenvalue weighted by molar-refractivity contribution is 7.92. The smallest absolute Gasteiger partial charge is 0.231 e. The van der Waals surface area contributed by atoms with Gasteiger partial charge in [0.05, 0.1) is 26.9 Å². The summed E-state index contributed by atoms with van der Waals surface area (Å²) in [6, 6.07) is 24.7. The molecule has 6 nitrogen and oxygen atoms in total. The molecule has 1 heterocycles. The topological polar surface area (TPSA) is 88.2 Å². The van der Waals surface area contributed by atoms with Crippen LogP contribution in [-0.2, 0) is 33.2 Å². The number of fused-ring (bicyclic) bond motifs is 1. The molecular formula is C25H25N3O3S2. The van der Waals surface area contributed by atoms with E-state index in [0.29, 0.717) is 12.1 Å². The summed E-state index contributed by atoms with van der Waals surface area (Å²) in [5.41, 5.74) is 2.28. The second-order valence-corrected chi connectivity index (χ2v) is 11.1. The zero-order chi connectivity index (χ0) is 23.5. The van der Waals surface area contributed by atoms with Crippen molar-refractivity contribution in [2.75, 3.05) is 11.0 Å². The van der Waals surface area contributed by atoms with Crippen molar-refractivity contribution in [3.8, 4) is 0 Å². The monoisotopic (exact) mass is 479 g/mol. The van der Waals surface area contributed by atoms with Crippen LogP contribution in [0.2, 0.25) is 0 Å². The van der Waals surface area contributed by atoms with Gasteiger partial charge in [-0.1, -0.05) is 54.6 Å². The number of benzene rings is 3. The Morgan fingerprint density at radius 3 is 2.45 bits per heavy atom. The maximum Gasteiger partial charge on any atom is 0.231 e. The first kappa shape index (κ1) is 22.9. The Morgan fingerprint density at radius 2 is 1.73 bits per heavy atom. The Hall–Kier alpha value is -3.23. The molecule has 0 fully saturated rings. The second kappa shape index (κ2) is 9.33. The van der Waals surface area contributed by atoms with Crippen LogP contribution < -0.4 is 10.0 Å². The summed E-state index contributed by atoms with van der Waals surface area (Å²) in [5, 5.41) is 3.94. The van der Waals surface area contributed by atoms with E-state index in [0.717, 1.165) is 32.6 Å². The fourth-order valence-electron chi connectivity index (χ4n) is 3.75. The predicted molar refractivity (Wildman–Crippen MR) is 134 cm³/mol. The van der Waals surface area contributed by atoms with Gasteiger partial charge in [0, 0.05) is 18.7 Å². The SMILES string of the molecule is CC(Cc1nc2ccccc2s1)(C(=O)NCc1cccc(NS(C)(=O)=O)c1)c1ccccc1. The molecule has 0 saturated heterocycles. The van der Waals surface area contributed by atoms with E-state index >= 15 is 0 Å². The number of hydrogen-bond acceptors (Lipinski definition) is 5. The van der Waals surface area contributed by atoms with Gasteiger partial charge in [-0.3, -0.25) is 9.52 Å². The van der Waals surface area contributed by atoms with Gasteiger partial charge in [-0.05, 0) is 42.3 Å². The standard InChI is InChI=1S/C25H25N3O3S2/c1-25(19-10-4-3-5-11-19,16-23-27-21-13-6-7-14-22(21)32-23)24(29)26-17-18-9-8-12-20(15-18)28-33(2,30)31/h3-15,28H,16-17H2,1-2H3,(H,26,29). The molecule has 0 spiro atoms. The second-order valence-electron chi connectivity index (χ2n) is 8.21. The number of aromatic nitrogens is 1. The fraction of sp³-hybridized carbons (Fsp3) is 0.200. The average molecular weight is 480 g/mol. The van der Waals surface area contributed by atoms with Gasteiger partial charge in [0.15, 0.2) is 0 Å². The minimum Gasteiger partial charge on any atom is -0.351 e. The minimum atomic E-state index is -3.37. The highest BCUT2D eigenvalue weighted by atomic mass is 32.2. The van der Waals surface area contributed by atoms with Crippen LogP contribution in [0.15, 0.2) is 78.9 Å². The molecule has 0 radical (unpaired) electrons. The zero-order valence-electron chi connectivity index (χ0n) is 18.4. The number of thiazole rings is 1. The first-order valence-corrected chi connectivity index (χ1v) is 13.2. The molecule has 2 N–H and O–H groups in total. The van der Waals surface area contributed by atoms with Crippen molar-refractivity contribution in [1.82, 2.24) is 10.3 Å². The zero-order valence-corrected chi connectivity index (χ0v) is 20.0. The van der Waals surface area contributed by atoms with E-state index < -0.39 is 15.4 Å². The number of anilines is 1. The predicted octanol–water partition coefficient (Wildman–Crippen LogP) is 4.48. The first-order valence-electron chi connectivity index (χ1n) is 10.5. The first-order chi connectivity index (χ1) is 15.7. The van der Waals surface area contributed by atoms with Gasteiger partial charge < -0.3 is 5.32 Å². The largest absolute Gasteiger partial charge is 0.351 e. The van der Waals surface area contributed by atoms with E-state index in [1.807, 2.05) is 67.6 Å². The van der Waals surface area contributed by atoms with Gasteiger partial charge in [-0.25, -0.2) is 13.4 Å². The third kappa shape index (κ3) is 5.58. The van der Waals surface area contributed by atoms with Crippen LogP contribution in [0, 0.1) is 0 Å². The number of nitrogens with one attached hydrogen (secondary N) is 2. The minimum absolute atomic E-state index is 0.116. The van der Waals surface area contributed by atoms with E-state index in [4.69, 9.17) is 4.98 Å². The summed E-state index contributed by atoms with van der Waals surface area (Å²) < 4.78 is 26.6. The summed E-state index contributed by atoms with van der Waals surface area (Å²) in [6.45, 7) is 2.21. The van der Waals surface area contributed by atoms with E-state index in [1.54, 1.807) is 29.5 Å². The quantitative estimate of drug-likeness (QED) is 0.390. The van der Waals surface area contributed by atoms with Crippen LogP contribution in [0.5, 0.6) is 0 Å². The molecule has 8 heteroatoms. The van der Waals surface area contributed by atoms with Crippen LogP contribution >= 0.6 is 11.3 Å². The van der Waals surface area contributed by atoms with Crippen molar-refractivity contribution in [2.45, 2.75) is 25.3 Å². The van der Waals surface area contributed by atoms with Crippen LogP contribution in [0.3, 0.4) is 0 Å². The highest BCUT2D eigenvalue weighted by Crippen LogP contribution is 2.32. The maximum absolute atomic E-state index is 13.5. The average Bonchev–Trinajstić information content (AvgIpc) is 3.19. The Labute approximate surface area is 197 Å². The molecular weight excluding hydrogens is 454 g/mol. The van der Waals surface area contributed by atoms with Gasteiger partial charge in [0.2, 0.25) is 15.9 Å². The third-order valence-electron chi connectivity index (χ3n) is 5.44. The Morgan fingerprint density at radius 1 is 1.00 bits per heavy atom. The molecule has 3 aromatic carbocycles. The van der Waals surface area contributed by atoms with Gasteiger partial charge in [0.1, 0.15) is 0 Å². The molecule has 33 heavy (non-hydrogen) atoms. The van der Waals surface area contributed by atoms with Crippen LogP contribution in [0.1, 0.15) is 23.1 Å². The van der Waals surface area contributed by atoms with Gasteiger partial charge in [-0.15, -0.1) is 11.3 Å². The number of amides is 1. The lowest BCUT2D eigenvalue weighted by Crippen LogP contribution is -2.43. The molecule has 1 aromatic heterocycles. The summed E-state index contributed by atoms with van der Waals surface area (Å²) in [5.74, 6) is -0.116. The number of carbonyl (C=O) groups excluding carboxylic acids is 1. The number of hydrogen-bond donors (Lipinski definition) is 2.